The summed E-state index contributed by atoms with van der Waals surface area (Å²) in [6.45, 7) is 6.19. The van der Waals surface area contributed by atoms with Crippen LogP contribution in [0.25, 0.3) is 0 Å². The lowest BCUT2D eigenvalue weighted by atomic mass is 9.97. The van der Waals surface area contributed by atoms with Crippen molar-refractivity contribution in [2.75, 3.05) is 13.6 Å². The Morgan fingerprint density at radius 3 is 2.41 bits per heavy atom. The summed E-state index contributed by atoms with van der Waals surface area (Å²) in [5.74, 6) is 0. The van der Waals surface area contributed by atoms with Gasteiger partial charge in [-0.1, -0.05) is 41.4 Å². The maximum Gasteiger partial charge on any atom is 0.0254 e. The van der Waals surface area contributed by atoms with Crippen LogP contribution < -0.4 is 5.73 Å². The van der Waals surface area contributed by atoms with Crippen LogP contribution in [0.5, 0.6) is 0 Å². The summed E-state index contributed by atoms with van der Waals surface area (Å²) < 4.78 is 1.12. The molecule has 0 bridgehead atoms. The Bertz CT molecular complexity index is 333. The summed E-state index contributed by atoms with van der Waals surface area (Å²) in [4.78, 5) is 2.29. The molecular formula is C14H23BrN2. The van der Waals surface area contributed by atoms with Crippen molar-refractivity contribution < 1.29 is 0 Å². The number of likely N-dealkylation sites (N-methyl/N-ethyl adjacent to an activating group) is 1. The molecule has 0 spiro atoms. The Hall–Kier alpha value is -0.380. The van der Waals surface area contributed by atoms with Gasteiger partial charge in [0.15, 0.2) is 0 Å². The van der Waals surface area contributed by atoms with Gasteiger partial charge in [-0.3, -0.25) is 0 Å². The van der Waals surface area contributed by atoms with E-state index in [2.05, 4.69) is 66.0 Å². The number of halogens is 1. The van der Waals surface area contributed by atoms with Gasteiger partial charge in [-0.2, -0.15) is 0 Å². The molecule has 1 aromatic carbocycles. The van der Waals surface area contributed by atoms with E-state index >= 15 is 0 Å². The van der Waals surface area contributed by atoms with E-state index in [9.17, 15) is 0 Å². The van der Waals surface area contributed by atoms with Crippen LogP contribution in [0, 0.1) is 0 Å². The van der Waals surface area contributed by atoms with Gasteiger partial charge < -0.3 is 10.6 Å². The van der Waals surface area contributed by atoms with E-state index in [1.165, 1.54) is 5.56 Å². The summed E-state index contributed by atoms with van der Waals surface area (Å²) in [5.41, 5.74) is 7.49. The first kappa shape index (κ1) is 14.7. The van der Waals surface area contributed by atoms with Crippen molar-refractivity contribution >= 4 is 15.9 Å². The van der Waals surface area contributed by atoms with E-state index < -0.39 is 0 Å². The Morgan fingerprint density at radius 2 is 1.88 bits per heavy atom. The number of benzene rings is 1. The average molecular weight is 299 g/mol. The predicted molar refractivity (Wildman–Crippen MR) is 78.0 cm³/mol. The van der Waals surface area contributed by atoms with Crippen LogP contribution in [0.4, 0.5) is 0 Å². The van der Waals surface area contributed by atoms with Gasteiger partial charge in [0.2, 0.25) is 0 Å². The third kappa shape index (κ3) is 5.66. The molecule has 17 heavy (non-hydrogen) atoms. The normalized spacial score (nSPS) is 14.9. The van der Waals surface area contributed by atoms with Crippen molar-refractivity contribution in [2.24, 2.45) is 5.73 Å². The van der Waals surface area contributed by atoms with Crippen molar-refractivity contribution in [2.45, 2.75) is 38.8 Å². The van der Waals surface area contributed by atoms with Crippen LogP contribution in [0.2, 0.25) is 0 Å². The Kier molecular flexibility index (Phi) is 5.63. The fourth-order valence-electron chi connectivity index (χ4n) is 2.22. The average Bonchev–Trinajstić information content (AvgIpc) is 2.20. The second kappa shape index (κ2) is 6.53. The second-order valence-electron chi connectivity index (χ2n) is 5.20. The zero-order chi connectivity index (χ0) is 12.9. The lowest BCUT2D eigenvalue weighted by Gasteiger charge is -2.30. The Morgan fingerprint density at radius 1 is 1.29 bits per heavy atom. The molecule has 0 fully saturated rings. The van der Waals surface area contributed by atoms with Crippen LogP contribution in [-0.4, -0.2) is 24.0 Å². The first-order chi connectivity index (χ1) is 7.93. The van der Waals surface area contributed by atoms with Crippen molar-refractivity contribution in [1.82, 2.24) is 4.90 Å². The monoisotopic (exact) mass is 298 g/mol. The minimum atomic E-state index is -0.0845. The fourth-order valence-corrected chi connectivity index (χ4v) is 2.49. The smallest absolute Gasteiger partial charge is 0.0254 e. The topological polar surface area (TPSA) is 29.3 Å². The maximum atomic E-state index is 6.26. The van der Waals surface area contributed by atoms with E-state index in [1.807, 2.05) is 0 Å². The highest BCUT2D eigenvalue weighted by atomic mass is 79.9. The molecule has 1 aromatic rings. The van der Waals surface area contributed by atoms with Crippen LogP contribution in [0.3, 0.4) is 0 Å². The summed E-state index contributed by atoms with van der Waals surface area (Å²) in [6.07, 6.45) is 2.21. The Labute approximate surface area is 113 Å². The zero-order valence-corrected chi connectivity index (χ0v) is 12.6. The highest BCUT2D eigenvalue weighted by Crippen LogP contribution is 2.14. The van der Waals surface area contributed by atoms with E-state index in [-0.39, 0.29) is 5.54 Å². The number of hydrogen-bond donors (Lipinski definition) is 1. The first-order valence-electron chi connectivity index (χ1n) is 6.15. The highest BCUT2D eigenvalue weighted by Gasteiger charge is 2.19. The molecule has 96 valence electrons. The van der Waals surface area contributed by atoms with Crippen LogP contribution in [-0.2, 0) is 6.54 Å². The predicted octanol–water partition coefficient (Wildman–Crippen LogP) is 3.40. The molecule has 1 unspecified atom stereocenters. The summed E-state index contributed by atoms with van der Waals surface area (Å²) in [6, 6.07) is 8.45. The molecule has 0 heterocycles. The molecule has 3 heteroatoms. The molecule has 0 aliphatic rings. The molecule has 0 amide bonds. The number of nitrogens with zero attached hydrogens (tertiary/aromatic N) is 1. The zero-order valence-electron chi connectivity index (χ0n) is 11.0. The van der Waals surface area contributed by atoms with Crippen LogP contribution in [0.1, 0.15) is 32.3 Å². The van der Waals surface area contributed by atoms with Gasteiger partial charge in [0.05, 0.1) is 0 Å². The van der Waals surface area contributed by atoms with Gasteiger partial charge in [-0.25, -0.2) is 0 Å². The summed E-state index contributed by atoms with van der Waals surface area (Å²) >= 11 is 3.45. The van der Waals surface area contributed by atoms with Gasteiger partial charge in [0.25, 0.3) is 0 Å². The van der Waals surface area contributed by atoms with E-state index in [0.29, 0.717) is 0 Å². The lowest BCUT2D eigenvalue weighted by Crippen LogP contribution is -2.46. The van der Waals surface area contributed by atoms with Crippen molar-refractivity contribution in [3.63, 3.8) is 0 Å². The van der Waals surface area contributed by atoms with Crippen LogP contribution in [0.15, 0.2) is 28.7 Å². The molecule has 0 radical (unpaired) electrons. The molecular weight excluding hydrogens is 276 g/mol. The molecule has 2 N–H and O–H groups in total. The fraction of sp³-hybridized carbons (Fsp3) is 0.571. The van der Waals surface area contributed by atoms with E-state index in [1.54, 1.807) is 0 Å². The van der Waals surface area contributed by atoms with Gasteiger partial charge in [0, 0.05) is 23.1 Å². The lowest BCUT2D eigenvalue weighted by molar-refractivity contribution is 0.241. The molecule has 0 aromatic heterocycles. The van der Waals surface area contributed by atoms with Gasteiger partial charge in [0.1, 0.15) is 0 Å². The first-order valence-corrected chi connectivity index (χ1v) is 6.94. The van der Waals surface area contributed by atoms with Crippen molar-refractivity contribution in [3.05, 3.63) is 34.3 Å². The van der Waals surface area contributed by atoms with Gasteiger partial charge in [-0.15, -0.1) is 0 Å². The molecule has 0 aliphatic carbocycles. The minimum Gasteiger partial charge on any atom is -0.324 e. The minimum absolute atomic E-state index is 0.0845. The molecule has 0 aliphatic heterocycles. The maximum absolute atomic E-state index is 6.26. The summed E-state index contributed by atoms with van der Waals surface area (Å²) in [7, 11) is 2.13. The van der Waals surface area contributed by atoms with E-state index in [4.69, 9.17) is 5.73 Å². The third-order valence-corrected chi connectivity index (χ3v) is 3.35. The second-order valence-corrected chi connectivity index (χ2v) is 6.12. The standard InChI is InChI=1S/C14H23BrN2/c1-4-9-14(2,16)11-17(3)10-12-5-7-13(15)8-6-12/h5-8H,4,9-11,16H2,1-3H3. The summed E-state index contributed by atoms with van der Waals surface area (Å²) in [5, 5.41) is 0. The number of hydrogen-bond acceptors (Lipinski definition) is 2. The molecule has 2 nitrogen and oxygen atoms in total. The van der Waals surface area contributed by atoms with Crippen molar-refractivity contribution in [3.8, 4) is 0 Å². The van der Waals surface area contributed by atoms with Crippen LogP contribution >= 0.6 is 15.9 Å². The van der Waals surface area contributed by atoms with Gasteiger partial charge >= 0.3 is 0 Å². The quantitative estimate of drug-likeness (QED) is 0.872. The number of rotatable bonds is 6. The van der Waals surface area contributed by atoms with Gasteiger partial charge in [-0.05, 0) is 38.1 Å². The third-order valence-electron chi connectivity index (χ3n) is 2.82. The molecule has 1 atom stereocenters. The molecule has 0 saturated heterocycles. The molecule has 1 rings (SSSR count). The largest absolute Gasteiger partial charge is 0.324 e. The molecule has 0 saturated carbocycles. The highest BCUT2D eigenvalue weighted by molar-refractivity contribution is 9.10. The number of nitrogens with two attached hydrogens (primary N) is 1. The Balaban J connectivity index is 2.49. The van der Waals surface area contributed by atoms with Crippen molar-refractivity contribution in [1.29, 1.82) is 0 Å². The van der Waals surface area contributed by atoms with E-state index in [0.717, 1.165) is 30.4 Å². The SMILES string of the molecule is CCCC(C)(N)CN(C)Cc1ccc(Br)cc1.